The molecule has 1 aliphatic rings. The van der Waals surface area contributed by atoms with Crippen LogP contribution in [0.5, 0.6) is 0 Å². The number of ether oxygens (including phenoxy) is 1. The second kappa shape index (κ2) is 5.40. The van der Waals surface area contributed by atoms with E-state index in [2.05, 4.69) is 5.32 Å². The maximum atomic E-state index is 13.4. The van der Waals surface area contributed by atoms with Crippen LogP contribution in [-0.4, -0.2) is 19.3 Å². The Hall–Kier alpha value is -1.23. The molecule has 1 fully saturated rings. The summed E-state index contributed by atoms with van der Waals surface area (Å²) >= 11 is 0. The summed E-state index contributed by atoms with van der Waals surface area (Å²) in [5.41, 5.74) is -0.116. The summed E-state index contributed by atoms with van der Waals surface area (Å²) in [5, 5.41) is 2.84. The van der Waals surface area contributed by atoms with Gasteiger partial charge in [-0.1, -0.05) is 0 Å². The summed E-state index contributed by atoms with van der Waals surface area (Å²) in [7, 11) is 0. The monoisotopic (exact) mass is 245 g/mol. The van der Waals surface area contributed by atoms with Crippen LogP contribution in [0.1, 0.15) is 19.3 Å². The second-order valence-corrected chi connectivity index (χ2v) is 4.13. The molecule has 0 radical (unpaired) electrons. The van der Waals surface area contributed by atoms with Gasteiger partial charge in [0.25, 0.3) is 0 Å². The van der Waals surface area contributed by atoms with E-state index in [1.807, 2.05) is 0 Å². The lowest BCUT2D eigenvalue weighted by molar-refractivity contribution is 0.144. The third kappa shape index (κ3) is 3.12. The molecule has 0 amide bonds. The third-order valence-electron chi connectivity index (χ3n) is 2.80. The average Bonchev–Trinajstić information content (AvgIpc) is 2.54. The molecule has 0 spiro atoms. The van der Waals surface area contributed by atoms with Gasteiger partial charge in [0.15, 0.2) is 11.6 Å². The van der Waals surface area contributed by atoms with Gasteiger partial charge in [0, 0.05) is 31.4 Å². The molecular weight excluding hydrogens is 231 g/mol. The van der Waals surface area contributed by atoms with Crippen LogP contribution < -0.4 is 5.32 Å². The molecule has 1 aromatic rings. The minimum absolute atomic E-state index is 0.00630. The number of rotatable bonds is 2. The molecular formula is C12H14F3NO. The highest BCUT2D eigenvalue weighted by atomic mass is 19.2. The van der Waals surface area contributed by atoms with Gasteiger partial charge in [-0.3, -0.25) is 0 Å². The molecule has 1 N–H and O–H groups in total. The van der Waals surface area contributed by atoms with E-state index in [4.69, 9.17) is 4.74 Å². The third-order valence-corrected chi connectivity index (χ3v) is 2.80. The summed E-state index contributed by atoms with van der Waals surface area (Å²) in [6.07, 6.45) is 2.37. The van der Waals surface area contributed by atoms with Gasteiger partial charge in [0.05, 0.1) is 5.69 Å². The molecule has 94 valence electrons. The quantitative estimate of drug-likeness (QED) is 0.808. The van der Waals surface area contributed by atoms with Gasteiger partial charge < -0.3 is 10.1 Å². The average molecular weight is 245 g/mol. The van der Waals surface area contributed by atoms with E-state index in [0.29, 0.717) is 25.7 Å². The minimum Gasteiger partial charge on any atom is -0.381 e. The zero-order chi connectivity index (χ0) is 12.3. The van der Waals surface area contributed by atoms with E-state index in [0.717, 1.165) is 18.9 Å². The van der Waals surface area contributed by atoms with Gasteiger partial charge in [0.2, 0.25) is 0 Å². The minimum atomic E-state index is -1.17. The molecule has 1 aliphatic heterocycles. The van der Waals surface area contributed by atoms with Gasteiger partial charge in [-0.2, -0.15) is 0 Å². The van der Waals surface area contributed by atoms with Crippen molar-refractivity contribution in [2.75, 3.05) is 18.5 Å². The van der Waals surface area contributed by atoms with Crippen molar-refractivity contribution in [1.82, 2.24) is 0 Å². The zero-order valence-corrected chi connectivity index (χ0v) is 9.31. The molecule has 1 saturated heterocycles. The van der Waals surface area contributed by atoms with Gasteiger partial charge in [0.1, 0.15) is 5.82 Å². The highest BCUT2D eigenvalue weighted by molar-refractivity contribution is 5.46. The maximum Gasteiger partial charge on any atom is 0.182 e. The Bertz CT molecular complexity index is 390. The van der Waals surface area contributed by atoms with Crippen molar-refractivity contribution >= 4 is 5.69 Å². The van der Waals surface area contributed by atoms with Crippen LogP contribution in [0.15, 0.2) is 12.1 Å². The van der Waals surface area contributed by atoms with Crippen molar-refractivity contribution in [1.29, 1.82) is 0 Å². The fourth-order valence-electron chi connectivity index (χ4n) is 1.93. The summed E-state index contributed by atoms with van der Waals surface area (Å²) < 4.78 is 44.6. The van der Waals surface area contributed by atoms with E-state index < -0.39 is 17.5 Å². The smallest absolute Gasteiger partial charge is 0.182 e. The van der Waals surface area contributed by atoms with Crippen LogP contribution in [0.4, 0.5) is 18.9 Å². The Morgan fingerprint density at radius 3 is 2.76 bits per heavy atom. The first-order valence-corrected chi connectivity index (χ1v) is 5.65. The predicted octanol–water partition coefficient (Wildman–Crippen LogP) is 3.08. The largest absolute Gasteiger partial charge is 0.381 e. The zero-order valence-electron chi connectivity index (χ0n) is 9.31. The SMILES string of the molecule is Fc1cc(F)c(F)c(NC2CCCOCC2)c1. The fraction of sp³-hybridized carbons (Fsp3) is 0.500. The standard InChI is InChI=1S/C12H14F3NO/c13-8-6-10(14)12(15)11(7-8)16-9-2-1-4-17-5-3-9/h6-7,9,16H,1-5H2. The maximum absolute atomic E-state index is 13.4. The van der Waals surface area contributed by atoms with Gasteiger partial charge in [-0.25, -0.2) is 13.2 Å². The second-order valence-electron chi connectivity index (χ2n) is 4.13. The number of nitrogens with one attached hydrogen (secondary N) is 1. The molecule has 1 atom stereocenters. The molecule has 0 aromatic heterocycles. The summed E-state index contributed by atoms with van der Waals surface area (Å²) in [6.45, 7) is 1.26. The number of benzene rings is 1. The molecule has 2 rings (SSSR count). The van der Waals surface area contributed by atoms with Crippen molar-refractivity contribution in [2.45, 2.75) is 25.3 Å². The Kier molecular flexibility index (Phi) is 3.89. The lowest BCUT2D eigenvalue weighted by Gasteiger charge is -2.17. The Balaban J connectivity index is 2.11. The van der Waals surface area contributed by atoms with Crippen molar-refractivity contribution in [2.24, 2.45) is 0 Å². The molecule has 5 heteroatoms. The summed E-state index contributed by atoms with van der Waals surface area (Å²) in [6, 6.07) is 1.51. The lowest BCUT2D eigenvalue weighted by Crippen LogP contribution is -2.20. The van der Waals surface area contributed by atoms with E-state index in [-0.39, 0.29) is 11.7 Å². The first-order chi connectivity index (χ1) is 8.16. The molecule has 0 saturated carbocycles. The van der Waals surface area contributed by atoms with Crippen molar-refractivity contribution in [3.63, 3.8) is 0 Å². The Morgan fingerprint density at radius 1 is 1.12 bits per heavy atom. The van der Waals surface area contributed by atoms with Gasteiger partial charge in [-0.05, 0) is 19.3 Å². The van der Waals surface area contributed by atoms with E-state index >= 15 is 0 Å². The van der Waals surface area contributed by atoms with Crippen molar-refractivity contribution in [3.05, 3.63) is 29.6 Å². The number of hydrogen-bond donors (Lipinski definition) is 1. The van der Waals surface area contributed by atoms with Crippen LogP contribution >= 0.6 is 0 Å². The molecule has 0 bridgehead atoms. The predicted molar refractivity (Wildman–Crippen MR) is 58.4 cm³/mol. The van der Waals surface area contributed by atoms with Crippen molar-refractivity contribution in [3.8, 4) is 0 Å². The topological polar surface area (TPSA) is 21.3 Å². The van der Waals surface area contributed by atoms with E-state index in [1.165, 1.54) is 0 Å². The summed E-state index contributed by atoms with van der Waals surface area (Å²) in [5.74, 6) is -2.98. The molecule has 2 nitrogen and oxygen atoms in total. The number of hydrogen-bond acceptors (Lipinski definition) is 2. The molecule has 1 aromatic carbocycles. The molecule has 17 heavy (non-hydrogen) atoms. The molecule has 1 heterocycles. The number of anilines is 1. The highest BCUT2D eigenvalue weighted by Gasteiger charge is 2.16. The normalized spacial score (nSPS) is 21.0. The van der Waals surface area contributed by atoms with Crippen molar-refractivity contribution < 1.29 is 17.9 Å². The van der Waals surface area contributed by atoms with Crippen LogP contribution in [0, 0.1) is 17.5 Å². The Labute approximate surface area is 97.8 Å². The van der Waals surface area contributed by atoms with Crippen LogP contribution in [0.2, 0.25) is 0 Å². The molecule has 0 aliphatic carbocycles. The van der Waals surface area contributed by atoms with Crippen LogP contribution in [0.3, 0.4) is 0 Å². The van der Waals surface area contributed by atoms with Crippen LogP contribution in [0.25, 0.3) is 0 Å². The van der Waals surface area contributed by atoms with Gasteiger partial charge in [-0.15, -0.1) is 0 Å². The highest BCUT2D eigenvalue weighted by Crippen LogP contribution is 2.22. The summed E-state index contributed by atoms with van der Waals surface area (Å²) in [4.78, 5) is 0. The van der Waals surface area contributed by atoms with Crippen LogP contribution in [-0.2, 0) is 4.74 Å². The van der Waals surface area contributed by atoms with E-state index in [9.17, 15) is 13.2 Å². The number of halogens is 3. The van der Waals surface area contributed by atoms with E-state index in [1.54, 1.807) is 0 Å². The molecule has 1 unspecified atom stereocenters. The Morgan fingerprint density at radius 2 is 1.94 bits per heavy atom. The lowest BCUT2D eigenvalue weighted by atomic mass is 10.1. The first kappa shape index (κ1) is 12.2. The van der Waals surface area contributed by atoms with Gasteiger partial charge >= 0.3 is 0 Å². The first-order valence-electron chi connectivity index (χ1n) is 5.65. The fourth-order valence-corrected chi connectivity index (χ4v) is 1.93.